The third kappa shape index (κ3) is 2.75. The van der Waals surface area contributed by atoms with Crippen LogP contribution in [0.25, 0.3) is 0 Å². The minimum absolute atomic E-state index is 0.0155. The van der Waals surface area contributed by atoms with Crippen molar-refractivity contribution in [3.8, 4) is 0 Å². The van der Waals surface area contributed by atoms with Gasteiger partial charge in [0.05, 0.1) is 12.6 Å². The molecule has 20 heavy (non-hydrogen) atoms. The lowest BCUT2D eigenvalue weighted by atomic mass is 9.88. The van der Waals surface area contributed by atoms with Gasteiger partial charge in [0.2, 0.25) is 0 Å². The first kappa shape index (κ1) is 13.7. The second-order valence-electron chi connectivity index (χ2n) is 6.24. The van der Waals surface area contributed by atoms with Crippen molar-refractivity contribution in [1.29, 1.82) is 0 Å². The van der Waals surface area contributed by atoms with E-state index >= 15 is 0 Å². The fourth-order valence-electron chi connectivity index (χ4n) is 3.93. The molecule has 0 aromatic rings. The van der Waals surface area contributed by atoms with Gasteiger partial charge in [0.25, 0.3) is 0 Å². The number of nitrogens with one attached hydrogen (secondary N) is 1. The number of carboxylic acids is 1. The number of hydrogen-bond acceptors (Lipinski definition) is 3. The van der Waals surface area contributed by atoms with Gasteiger partial charge < -0.3 is 20.1 Å². The Hall–Kier alpha value is -1.30. The highest BCUT2D eigenvalue weighted by Gasteiger charge is 2.44. The van der Waals surface area contributed by atoms with Crippen molar-refractivity contribution in [2.45, 2.75) is 56.7 Å². The average Bonchev–Trinajstić information content (AvgIpc) is 2.95. The first-order chi connectivity index (χ1) is 9.63. The van der Waals surface area contributed by atoms with Gasteiger partial charge in [0, 0.05) is 25.1 Å². The van der Waals surface area contributed by atoms with Crippen LogP contribution < -0.4 is 5.32 Å². The Morgan fingerprint density at radius 3 is 2.45 bits per heavy atom. The van der Waals surface area contributed by atoms with Gasteiger partial charge in [-0.1, -0.05) is 0 Å². The van der Waals surface area contributed by atoms with Gasteiger partial charge in [-0.2, -0.15) is 0 Å². The molecule has 6 heteroatoms. The summed E-state index contributed by atoms with van der Waals surface area (Å²) in [5.74, 6) is -0.501. The van der Waals surface area contributed by atoms with Crippen molar-refractivity contribution in [1.82, 2.24) is 10.2 Å². The third-order valence-electron chi connectivity index (χ3n) is 4.79. The van der Waals surface area contributed by atoms with Gasteiger partial charge in [-0.15, -0.1) is 0 Å². The van der Waals surface area contributed by atoms with E-state index < -0.39 is 5.97 Å². The smallest absolute Gasteiger partial charge is 0.318 e. The molecule has 2 amide bonds. The summed E-state index contributed by atoms with van der Waals surface area (Å²) in [4.78, 5) is 25.2. The third-order valence-corrected chi connectivity index (χ3v) is 4.79. The van der Waals surface area contributed by atoms with E-state index in [2.05, 4.69) is 5.32 Å². The lowest BCUT2D eigenvalue weighted by Gasteiger charge is -2.39. The summed E-state index contributed by atoms with van der Waals surface area (Å²) < 4.78 is 5.28. The van der Waals surface area contributed by atoms with Crippen LogP contribution >= 0.6 is 0 Å². The number of ether oxygens (including phenoxy) is 1. The van der Waals surface area contributed by atoms with Crippen molar-refractivity contribution in [2.24, 2.45) is 5.92 Å². The summed E-state index contributed by atoms with van der Waals surface area (Å²) in [6.07, 6.45) is 4.80. The zero-order chi connectivity index (χ0) is 14.1. The van der Waals surface area contributed by atoms with E-state index in [1.54, 1.807) is 0 Å². The molecule has 0 aliphatic carbocycles. The molecule has 3 atom stereocenters. The van der Waals surface area contributed by atoms with Crippen molar-refractivity contribution < 1.29 is 19.4 Å². The maximum absolute atomic E-state index is 12.4. The molecule has 0 aromatic heterocycles. The molecule has 2 bridgehead atoms. The standard InChI is InChI=1S/C14H22N2O4/c17-13(18)7-9-5-11-1-2-12(6-9)16(11)14(19)15-10-3-4-20-8-10/h9-12H,1-8H2,(H,15,19)(H,17,18). The second kappa shape index (κ2) is 5.60. The van der Waals surface area contributed by atoms with Crippen LogP contribution in [0.15, 0.2) is 0 Å². The van der Waals surface area contributed by atoms with Crippen molar-refractivity contribution in [2.75, 3.05) is 13.2 Å². The number of urea groups is 1. The number of rotatable bonds is 3. The topological polar surface area (TPSA) is 78.9 Å². The summed E-state index contributed by atoms with van der Waals surface area (Å²) in [6, 6.07) is 0.598. The number of hydrogen-bond donors (Lipinski definition) is 2. The van der Waals surface area contributed by atoms with Gasteiger partial charge >= 0.3 is 12.0 Å². The fourth-order valence-corrected chi connectivity index (χ4v) is 3.93. The van der Waals surface area contributed by atoms with Crippen molar-refractivity contribution in [3.63, 3.8) is 0 Å². The lowest BCUT2D eigenvalue weighted by Crippen LogP contribution is -2.53. The highest BCUT2D eigenvalue weighted by molar-refractivity contribution is 5.76. The Bertz CT molecular complexity index is 381. The molecule has 112 valence electrons. The first-order valence-electron chi connectivity index (χ1n) is 7.52. The zero-order valence-corrected chi connectivity index (χ0v) is 11.6. The zero-order valence-electron chi connectivity index (χ0n) is 11.6. The summed E-state index contributed by atoms with van der Waals surface area (Å²) in [5.41, 5.74) is 0. The normalized spacial score (nSPS) is 36.1. The maximum Gasteiger partial charge on any atom is 0.318 e. The Morgan fingerprint density at radius 1 is 1.20 bits per heavy atom. The van der Waals surface area contributed by atoms with Crippen LogP contribution in [0.3, 0.4) is 0 Å². The lowest BCUT2D eigenvalue weighted by molar-refractivity contribution is -0.138. The molecule has 3 fully saturated rings. The highest BCUT2D eigenvalue weighted by Crippen LogP contribution is 2.39. The summed E-state index contributed by atoms with van der Waals surface area (Å²) >= 11 is 0. The number of carbonyl (C=O) groups is 2. The number of amides is 2. The quantitative estimate of drug-likeness (QED) is 0.815. The van der Waals surface area contributed by atoms with E-state index in [4.69, 9.17) is 9.84 Å². The first-order valence-corrected chi connectivity index (χ1v) is 7.52. The molecular formula is C14H22N2O4. The largest absolute Gasteiger partial charge is 0.481 e. The van der Waals surface area contributed by atoms with Gasteiger partial charge in [-0.3, -0.25) is 4.79 Å². The monoisotopic (exact) mass is 282 g/mol. The molecule has 3 aliphatic heterocycles. The van der Waals surface area contributed by atoms with Gasteiger partial charge in [0.1, 0.15) is 0 Å². The van der Waals surface area contributed by atoms with Crippen LogP contribution in [-0.2, 0) is 9.53 Å². The van der Waals surface area contributed by atoms with Crippen LogP contribution in [0.2, 0.25) is 0 Å². The van der Waals surface area contributed by atoms with E-state index in [0.29, 0.717) is 6.61 Å². The molecule has 3 aliphatic rings. The molecule has 2 N–H and O–H groups in total. The predicted octanol–water partition coefficient (Wildman–Crippen LogP) is 1.20. The molecule has 0 aromatic carbocycles. The number of carbonyl (C=O) groups excluding carboxylic acids is 1. The molecule has 3 rings (SSSR count). The second-order valence-corrected chi connectivity index (χ2v) is 6.24. The minimum Gasteiger partial charge on any atom is -0.481 e. The van der Waals surface area contributed by atoms with E-state index in [-0.39, 0.29) is 36.5 Å². The number of nitrogens with zero attached hydrogens (tertiary/aromatic N) is 1. The minimum atomic E-state index is -0.726. The SMILES string of the molecule is O=C(O)CC1CC2CCC(C1)N2C(=O)NC1CCOC1. The van der Waals surface area contributed by atoms with Crippen LogP contribution in [0.5, 0.6) is 0 Å². The van der Waals surface area contributed by atoms with Crippen LogP contribution in [0, 0.1) is 5.92 Å². The Balaban J connectivity index is 1.58. The summed E-state index contributed by atoms with van der Waals surface area (Å²) in [7, 11) is 0. The van der Waals surface area contributed by atoms with Crippen molar-refractivity contribution in [3.05, 3.63) is 0 Å². The fraction of sp³-hybridized carbons (Fsp3) is 0.857. The van der Waals surface area contributed by atoms with Gasteiger partial charge in [-0.25, -0.2) is 4.79 Å². The molecule has 3 saturated heterocycles. The molecule has 0 spiro atoms. The Morgan fingerprint density at radius 2 is 1.90 bits per heavy atom. The van der Waals surface area contributed by atoms with Crippen molar-refractivity contribution >= 4 is 12.0 Å². The van der Waals surface area contributed by atoms with Gasteiger partial charge in [0.15, 0.2) is 0 Å². The van der Waals surface area contributed by atoms with E-state index in [1.807, 2.05) is 4.90 Å². The molecule has 0 saturated carbocycles. The van der Waals surface area contributed by atoms with Crippen LogP contribution in [-0.4, -0.2) is 53.3 Å². The highest BCUT2D eigenvalue weighted by atomic mass is 16.5. The molecule has 3 heterocycles. The summed E-state index contributed by atoms with van der Waals surface area (Å²) in [6.45, 7) is 1.33. The Labute approximate surface area is 118 Å². The van der Waals surface area contributed by atoms with Crippen LogP contribution in [0.4, 0.5) is 4.79 Å². The molecule has 3 unspecified atom stereocenters. The number of fused-ring (bicyclic) bond motifs is 2. The van der Waals surface area contributed by atoms with Gasteiger partial charge in [-0.05, 0) is 38.0 Å². The number of carboxylic acid groups (broad SMARTS) is 1. The van der Waals surface area contributed by atoms with E-state index in [1.165, 1.54) is 0 Å². The van der Waals surface area contributed by atoms with Crippen LogP contribution in [0.1, 0.15) is 38.5 Å². The predicted molar refractivity (Wildman–Crippen MR) is 71.4 cm³/mol. The average molecular weight is 282 g/mol. The number of aliphatic carboxylic acids is 1. The Kier molecular flexibility index (Phi) is 3.83. The molecule has 0 radical (unpaired) electrons. The number of piperidine rings is 1. The van der Waals surface area contributed by atoms with E-state index in [0.717, 1.165) is 38.7 Å². The maximum atomic E-state index is 12.4. The molecular weight excluding hydrogens is 260 g/mol. The van der Waals surface area contributed by atoms with E-state index in [9.17, 15) is 9.59 Å². The molecule has 6 nitrogen and oxygen atoms in total. The summed E-state index contributed by atoms with van der Waals surface area (Å²) in [5, 5.41) is 12.0.